The molecule has 0 amide bonds. The number of hydrogen-bond donors (Lipinski definition) is 2. The van der Waals surface area contributed by atoms with Gasteiger partial charge in [0.05, 0.1) is 6.21 Å². The van der Waals surface area contributed by atoms with E-state index in [2.05, 4.69) is 22.7 Å². The molecule has 0 bridgehead atoms. The van der Waals surface area contributed by atoms with Crippen LogP contribution in [0.5, 0.6) is 0 Å². The summed E-state index contributed by atoms with van der Waals surface area (Å²) < 4.78 is 5.56. The molecule has 0 aliphatic carbocycles. The lowest BCUT2D eigenvalue weighted by Gasteiger charge is -1.97. The van der Waals surface area contributed by atoms with Gasteiger partial charge in [0.25, 0.3) is 0 Å². The van der Waals surface area contributed by atoms with Gasteiger partial charge in [0.2, 0.25) is 0 Å². The van der Waals surface area contributed by atoms with Crippen LogP contribution >= 0.6 is 35.6 Å². The van der Waals surface area contributed by atoms with E-state index in [0.717, 1.165) is 9.99 Å². The predicted molar refractivity (Wildman–Crippen MR) is 81.8 cm³/mol. The van der Waals surface area contributed by atoms with E-state index in [-0.39, 0.29) is 5.11 Å². The number of nitrogens with zero attached hydrogens (tertiary/aromatic N) is 1. The van der Waals surface area contributed by atoms with Gasteiger partial charge in [-0.1, -0.05) is 23.4 Å². The second-order valence-electron chi connectivity index (χ2n) is 3.45. The number of halogens is 1. The van der Waals surface area contributed by atoms with Gasteiger partial charge in [-0.3, -0.25) is 5.43 Å². The minimum atomic E-state index is 0.110. The highest BCUT2D eigenvalue weighted by atomic mass is 35.5. The molecule has 0 aliphatic heterocycles. The van der Waals surface area contributed by atoms with Crippen LogP contribution in [0.25, 0.3) is 0 Å². The number of nitrogens with two attached hydrogens (primary N) is 1. The van der Waals surface area contributed by atoms with E-state index in [9.17, 15) is 0 Å². The van der Waals surface area contributed by atoms with Crippen LogP contribution in [0.1, 0.15) is 5.76 Å². The van der Waals surface area contributed by atoms with Crippen molar-refractivity contribution >= 4 is 46.9 Å². The van der Waals surface area contributed by atoms with Gasteiger partial charge >= 0.3 is 0 Å². The van der Waals surface area contributed by atoms with E-state index < -0.39 is 0 Å². The molecule has 7 heteroatoms. The Kier molecular flexibility index (Phi) is 4.84. The number of benzene rings is 1. The van der Waals surface area contributed by atoms with E-state index in [1.54, 1.807) is 0 Å². The van der Waals surface area contributed by atoms with Crippen LogP contribution < -0.4 is 11.2 Å². The lowest BCUT2D eigenvalue weighted by molar-refractivity contribution is 0.469. The Balaban J connectivity index is 1.99. The summed E-state index contributed by atoms with van der Waals surface area (Å²) in [5, 5.41) is 5.39. The molecule has 2 rings (SSSR count). The Hall–Kier alpha value is -1.50. The topological polar surface area (TPSA) is 63.5 Å². The Morgan fingerprint density at radius 2 is 2.05 bits per heavy atom. The van der Waals surface area contributed by atoms with Gasteiger partial charge in [-0.15, -0.1) is 0 Å². The standard InChI is InChI=1S/C12H10ClN3OS2/c13-8-1-4-10(5-2-8)19-11-6-3-9(17-11)7-15-16-12(14)18/h1-7H,(H3,14,16,18)/b15-7+. The summed E-state index contributed by atoms with van der Waals surface area (Å²) >= 11 is 11.9. The third-order valence-corrected chi connectivity index (χ3v) is 3.27. The lowest BCUT2D eigenvalue weighted by Crippen LogP contribution is -2.23. The average molecular weight is 312 g/mol. The van der Waals surface area contributed by atoms with Crippen molar-refractivity contribution in [2.75, 3.05) is 0 Å². The molecule has 4 nitrogen and oxygen atoms in total. The van der Waals surface area contributed by atoms with Gasteiger partial charge in [-0.25, -0.2) is 0 Å². The smallest absolute Gasteiger partial charge is 0.184 e. The maximum absolute atomic E-state index is 5.82. The third-order valence-electron chi connectivity index (χ3n) is 2.00. The molecule has 1 aromatic heterocycles. The summed E-state index contributed by atoms with van der Waals surface area (Å²) in [7, 11) is 0. The number of thiocarbonyl (C=S) groups is 1. The fraction of sp³-hybridized carbons (Fsp3) is 0. The summed E-state index contributed by atoms with van der Waals surface area (Å²) in [5.74, 6) is 0.611. The first-order chi connectivity index (χ1) is 9.13. The van der Waals surface area contributed by atoms with Gasteiger partial charge in [-0.2, -0.15) is 5.10 Å². The predicted octanol–water partition coefficient (Wildman–Crippen LogP) is 3.25. The molecule has 98 valence electrons. The largest absolute Gasteiger partial charge is 0.448 e. The normalized spacial score (nSPS) is 10.8. The fourth-order valence-corrected chi connectivity index (χ4v) is 2.19. The zero-order valence-corrected chi connectivity index (χ0v) is 12.1. The minimum Gasteiger partial charge on any atom is -0.448 e. The number of hydrazone groups is 1. The summed E-state index contributed by atoms with van der Waals surface area (Å²) in [4.78, 5) is 1.04. The van der Waals surface area contributed by atoms with Gasteiger partial charge in [0.1, 0.15) is 5.76 Å². The van der Waals surface area contributed by atoms with Crippen molar-refractivity contribution in [2.24, 2.45) is 10.8 Å². The zero-order chi connectivity index (χ0) is 13.7. The zero-order valence-electron chi connectivity index (χ0n) is 9.67. The molecule has 0 atom stereocenters. The van der Waals surface area contributed by atoms with Crippen LogP contribution in [-0.4, -0.2) is 11.3 Å². The quantitative estimate of drug-likeness (QED) is 0.515. The van der Waals surface area contributed by atoms with Crippen LogP contribution in [-0.2, 0) is 0 Å². The average Bonchev–Trinajstić information content (AvgIpc) is 2.79. The van der Waals surface area contributed by atoms with E-state index in [0.29, 0.717) is 10.8 Å². The molecule has 3 N–H and O–H groups in total. The van der Waals surface area contributed by atoms with Crippen LogP contribution in [0.4, 0.5) is 0 Å². The highest BCUT2D eigenvalue weighted by molar-refractivity contribution is 7.99. The molecule has 0 saturated heterocycles. The first kappa shape index (κ1) is 13.9. The van der Waals surface area contributed by atoms with Crippen molar-refractivity contribution < 1.29 is 4.42 Å². The first-order valence-electron chi connectivity index (χ1n) is 5.25. The van der Waals surface area contributed by atoms with Gasteiger partial charge in [-0.05, 0) is 48.6 Å². The monoisotopic (exact) mass is 311 g/mol. The summed E-state index contributed by atoms with van der Waals surface area (Å²) in [6.07, 6.45) is 1.51. The van der Waals surface area contributed by atoms with E-state index >= 15 is 0 Å². The lowest BCUT2D eigenvalue weighted by atomic mass is 10.4. The molecular formula is C12H10ClN3OS2. The second-order valence-corrected chi connectivity index (χ2v) is 5.40. The summed E-state index contributed by atoms with van der Waals surface area (Å²) in [5.41, 5.74) is 7.69. The van der Waals surface area contributed by atoms with E-state index in [1.165, 1.54) is 18.0 Å². The molecular weight excluding hydrogens is 302 g/mol. The number of rotatable bonds is 4. The van der Waals surface area contributed by atoms with Crippen molar-refractivity contribution in [3.05, 3.63) is 47.2 Å². The van der Waals surface area contributed by atoms with Crippen LogP contribution in [0.2, 0.25) is 5.02 Å². The fourth-order valence-electron chi connectivity index (χ4n) is 1.24. The van der Waals surface area contributed by atoms with Crippen LogP contribution in [0.3, 0.4) is 0 Å². The highest BCUT2D eigenvalue weighted by Crippen LogP contribution is 2.29. The Morgan fingerprint density at radius 3 is 2.74 bits per heavy atom. The summed E-state index contributed by atoms with van der Waals surface area (Å²) in [6, 6.07) is 11.2. The number of furan rings is 1. The molecule has 0 saturated carbocycles. The molecule has 0 unspecified atom stereocenters. The summed E-state index contributed by atoms with van der Waals surface area (Å²) in [6.45, 7) is 0. The van der Waals surface area contributed by atoms with Gasteiger partial charge < -0.3 is 10.2 Å². The number of nitrogens with one attached hydrogen (secondary N) is 1. The van der Waals surface area contributed by atoms with E-state index in [1.807, 2.05) is 36.4 Å². The van der Waals surface area contributed by atoms with Crippen molar-refractivity contribution in [1.29, 1.82) is 0 Å². The van der Waals surface area contributed by atoms with Crippen molar-refractivity contribution in [1.82, 2.24) is 5.43 Å². The van der Waals surface area contributed by atoms with Gasteiger partial charge in [0.15, 0.2) is 10.2 Å². The molecule has 2 aromatic rings. The second kappa shape index (κ2) is 6.60. The maximum atomic E-state index is 5.82. The maximum Gasteiger partial charge on any atom is 0.184 e. The first-order valence-corrected chi connectivity index (χ1v) is 6.85. The van der Waals surface area contributed by atoms with E-state index in [4.69, 9.17) is 21.8 Å². The Bertz CT molecular complexity index is 595. The third kappa shape index (κ3) is 4.59. The van der Waals surface area contributed by atoms with Crippen molar-refractivity contribution in [2.45, 2.75) is 9.99 Å². The molecule has 0 fully saturated rings. The Morgan fingerprint density at radius 1 is 1.32 bits per heavy atom. The van der Waals surface area contributed by atoms with Crippen LogP contribution in [0, 0.1) is 0 Å². The molecule has 0 spiro atoms. The number of hydrogen-bond acceptors (Lipinski definition) is 4. The highest BCUT2D eigenvalue weighted by Gasteiger charge is 2.02. The molecule has 0 aliphatic rings. The molecule has 1 heterocycles. The van der Waals surface area contributed by atoms with Crippen molar-refractivity contribution in [3.8, 4) is 0 Å². The van der Waals surface area contributed by atoms with Gasteiger partial charge in [0, 0.05) is 9.92 Å². The Labute approximate surface area is 125 Å². The molecule has 19 heavy (non-hydrogen) atoms. The van der Waals surface area contributed by atoms with Crippen LogP contribution in [0.15, 0.2) is 55.9 Å². The SMILES string of the molecule is NC(=S)N/N=C/c1ccc(Sc2ccc(Cl)cc2)o1. The molecule has 1 aromatic carbocycles. The van der Waals surface area contributed by atoms with Crippen molar-refractivity contribution in [3.63, 3.8) is 0 Å². The molecule has 0 radical (unpaired) electrons. The minimum absolute atomic E-state index is 0.110.